The second kappa shape index (κ2) is 8.66. The fraction of sp³-hybridized carbons (Fsp3) is 0.800. The van der Waals surface area contributed by atoms with Gasteiger partial charge in [0.1, 0.15) is 5.84 Å². The van der Waals surface area contributed by atoms with E-state index >= 15 is 0 Å². The van der Waals surface area contributed by atoms with E-state index in [4.69, 9.17) is 11.5 Å². The number of rotatable bonds is 6. The molecule has 5 nitrogen and oxygen atoms in total. The number of amidine groups is 1. The molecule has 0 spiro atoms. The van der Waals surface area contributed by atoms with Gasteiger partial charge in [-0.2, -0.15) is 0 Å². The summed E-state index contributed by atoms with van der Waals surface area (Å²) in [4.78, 5) is 13.0. The average molecular weight is 484 g/mol. The van der Waals surface area contributed by atoms with Crippen LogP contribution in [-0.2, 0) is 4.79 Å². The summed E-state index contributed by atoms with van der Waals surface area (Å²) in [7, 11) is 0. The number of hydrogen-bond donors (Lipinski definition) is 3. The number of primary amides is 1. The molecule has 4 fully saturated rings. The molecule has 4 saturated carbocycles. The summed E-state index contributed by atoms with van der Waals surface area (Å²) in [5, 5.41) is 12.5. The predicted molar refractivity (Wildman–Crippen MR) is 143 cm³/mol. The smallest absolute Gasteiger partial charge is 0.223 e. The lowest BCUT2D eigenvalue weighted by Crippen LogP contribution is -2.65. The second-order valence-electron chi connectivity index (χ2n) is 13.6. The van der Waals surface area contributed by atoms with Crippen LogP contribution in [0.4, 0.5) is 0 Å². The molecule has 5 heteroatoms. The van der Waals surface area contributed by atoms with E-state index in [1.54, 1.807) is 0 Å². The van der Waals surface area contributed by atoms with E-state index in [2.05, 4.69) is 52.9 Å². The fourth-order valence-corrected chi connectivity index (χ4v) is 10.5. The van der Waals surface area contributed by atoms with E-state index in [1.807, 2.05) is 0 Å². The minimum Gasteiger partial charge on any atom is -0.409 e. The third-order valence-corrected chi connectivity index (χ3v) is 12.5. The first-order valence-electron chi connectivity index (χ1n) is 13.9. The van der Waals surface area contributed by atoms with Crippen molar-refractivity contribution in [3.05, 3.63) is 24.3 Å². The zero-order valence-electron chi connectivity index (χ0n) is 22.8. The van der Waals surface area contributed by atoms with Crippen molar-refractivity contribution in [3.63, 3.8) is 0 Å². The summed E-state index contributed by atoms with van der Waals surface area (Å²) < 4.78 is 0. The zero-order valence-corrected chi connectivity index (χ0v) is 22.8. The van der Waals surface area contributed by atoms with E-state index in [-0.39, 0.29) is 27.6 Å². The highest BCUT2D eigenvalue weighted by molar-refractivity contribution is 5.82. The van der Waals surface area contributed by atoms with E-state index in [9.17, 15) is 10.0 Å². The summed E-state index contributed by atoms with van der Waals surface area (Å²) >= 11 is 0. The standard InChI is InChI=1S/C30H49N3O2/c1-18(2)20-10-15-30(26(32)34)17-16-28(6)22(25(20)30)8-9-23-27(5,13-12-24(31)33-35)21(19(3)4)11-14-29(23,28)7/h20-23,25,35H,1,3,8-17H2,2,4-7H3,(H2,31,33)(H2,32,34)/t20-,21-,22+,23+,25+,27-,28+,29+,30-/m0/s1. The number of amides is 1. The minimum absolute atomic E-state index is 0.0454. The van der Waals surface area contributed by atoms with Crippen molar-refractivity contribution < 1.29 is 10.0 Å². The molecule has 35 heavy (non-hydrogen) atoms. The van der Waals surface area contributed by atoms with Gasteiger partial charge < -0.3 is 16.7 Å². The Morgan fingerprint density at radius 2 is 1.63 bits per heavy atom. The summed E-state index contributed by atoms with van der Waals surface area (Å²) in [5.41, 5.74) is 14.6. The zero-order chi connectivity index (χ0) is 26.0. The molecule has 196 valence electrons. The second-order valence-corrected chi connectivity index (χ2v) is 13.6. The number of carbonyl (C=O) groups is 1. The van der Waals surface area contributed by atoms with Gasteiger partial charge in [0.15, 0.2) is 0 Å². The van der Waals surface area contributed by atoms with Gasteiger partial charge in [-0.25, -0.2) is 0 Å². The largest absolute Gasteiger partial charge is 0.409 e. The van der Waals surface area contributed by atoms with Crippen LogP contribution in [0.15, 0.2) is 29.5 Å². The Hall–Kier alpha value is -1.78. The van der Waals surface area contributed by atoms with Crippen LogP contribution in [0.5, 0.6) is 0 Å². The van der Waals surface area contributed by atoms with E-state index in [0.717, 1.165) is 51.4 Å². The van der Waals surface area contributed by atoms with Gasteiger partial charge in [0.2, 0.25) is 5.91 Å². The van der Waals surface area contributed by atoms with Crippen LogP contribution in [0.3, 0.4) is 0 Å². The lowest BCUT2D eigenvalue weighted by Gasteiger charge is -2.70. The molecule has 0 unspecified atom stereocenters. The number of oxime groups is 1. The normalized spacial score (nSPS) is 47.3. The third kappa shape index (κ3) is 3.54. The van der Waals surface area contributed by atoms with Crippen LogP contribution in [0.2, 0.25) is 0 Å². The molecule has 0 heterocycles. The van der Waals surface area contributed by atoms with Crippen LogP contribution in [0.25, 0.3) is 0 Å². The van der Waals surface area contributed by atoms with E-state index < -0.39 is 0 Å². The highest BCUT2D eigenvalue weighted by Crippen LogP contribution is 2.76. The molecular formula is C30H49N3O2. The average Bonchev–Trinajstić information content (AvgIpc) is 3.19. The number of nitrogens with zero attached hydrogens (tertiary/aromatic N) is 1. The van der Waals surface area contributed by atoms with Gasteiger partial charge in [-0.3, -0.25) is 4.79 Å². The Balaban J connectivity index is 1.77. The topological polar surface area (TPSA) is 102 Å². The molecule has 9 atom stereocenters. The number of fused-ring (bicyclic) bond motifs is 5. The van der Waals surface area contributed by atoms with Crippen molar-refractivity contribution in [2.24, 2.45) is 67.9 Å². The lowest BCUT2D eigenvalue weighted by atomic mass is 9.34. The molecule has 4 aliphatic carbocycles. The van der Waals surface area contributed by atoms with Crippen molar-refractivity contribution in [1.82, 2.24) is 0 Å². The summed E-state index contributed by atoms with van der Waals surface area (Å²) in [6, 6.07) is 0. The van der Waals surface area contributed by atoms with Crippen LogP contribution in [-0.4, -0.2) is 17.0 Å². The highest BCUT2D eigenvalue weighted by Gasteiger charge is 2.70. The van der Waals surface area contributed by atoms with Gasteiger partial charge in [-0.05, 0) is 117 Å². The number of nitrogens with two attached hydrogens (primary N) is 2. The Morgan fingerprint density at radius 1 is 0.943 bits per heavy atom. The minimum atomic E-state index is -0.360. The molecule has 0 aliphatic heterocycles. The highest BCUT2D eigenvalue weighted by atomic mass is 16.4. The number of allylic oxidation sites excluding steroid dienone is 2. The first kappa shape index (κ1) is 26.3. The molecule has 0 aromatic heterocycles. The van der Waals surface area contributed by atoms with Crippen molar-refractivity contribution in [2.75, 3.05) is 0 Å². The first-order chi connectivity index (χ1) is 16.3. The van der Waals surface area contributed by atoms with Gasteiger partial charge in [-0.15, -0.1) is 0 Å². The predicted octanol–water partition coefficient (Wildman–Crippen LogP) is 6.41. The molecule has 0 aromatic rings. The summed E-state index contributed by atoms with van der Waals surface area (Å²) in [6.07, 6.45) is 10.1. The maximum Gasteiger partial charge on any atom is 0.223 e. The maximum absolute atomic E-state index is 13.0. The van der Waals surface area contributed by atoms with Crippen LogP contribution >= 0.6 is 0 Å². The van der Waals surface area contributed by atoms with Crippen molar-refractivity contribution >= 4 is 11.7 Å². The third-order valence-electron chi connectivity index (χ3n) is 12.5. The van der Waals surface area contributed by atoms with Crippen LogP contribution in [0, 0.1) is 51.2 Å². The molecule has 0 aromatic carbocycles. The molecule has 1 amide bonds. The van der Waals surface area contributed by atoms with Crippen molar-refractivity contribution in [2.45, 2.75) is 98.8 Å². The van der Waals surface area contributed by atoms with Crippen molar-refractivity contribution in [1.29, 1.82) is 0 Å². The Bertz CT molecular complexity index is 942. The lowest BCUT2D eigenvalue weighted by molar-refractivity contribution is -0.214. The van der Waals surface area contributed by atoms with Gasteiger partial charge in [-0.1, -0.05) is 50.2 Å². The van der Waals surface area contributed by atoms with Gasteiger partial charge >= 0.3 is 0 Å². The monoisotopic (exact) mass is 483 g/mol. The molecule has 4 rings (SSSR count). The molecule has 0 bridgehead atoms. The molecule has 0 saturated heterocycles. The molecule has 5 N–H and O–H groups in total. The SMILES string of the molecule is C=C(C)[C@@H]1CC[C@]2(C(N)=O)CC[C@]3(C)[C@H](CC[C@@H]4[C@@](C)(CC/C(N)=N/O)[C@H](C(=C)C)CC[C@]43C)[C@@H]12. The molecular weight excluding hydrogens is 434 g/mol. The Kier molecular flexibility index (Phi) is 6.50. The van der Waals surface area contributed by atoms with E-state index in [0.29, 0.717) is 41.8 Å². The van der Waals surface area contributed by atoms with Gasteiger partial charge in [0, 0.05) is 6.42 Å². The number of hydrogen-bond acceptors (Lipinski definition) is 3. The van der Waals surface area contributed by atoms with Gasteiger partial charge in [0.25, 0.3) is 0 Å². The molecule has 4 aliphatic rings. The molecule has 0 radical (unpaired) electrons. The van der Waals surface area contributed by atoms with Crippen molar-refractivity contribution in [3.8, 4) is 0 Å². The number of carbonyl (C=O) groups excluding carboxylic acids is 1. The van der Waals surface area contributed by atoms with Crippen LogP contribution in [0.1, 0.15) is 98.8 Å². The summed E-state index contributed by atoms with van der Waals surface area (Å²) in [6.45, 7) is 20.7. The first-order valence-corrected chi connectivity index (χ1v) is 13.9. The maximum atomic E-state index is 13.0. The van der Waals surface area contributed by atoms with Crippen LogP contribution < -0.4 is 11.5 Å². The Labute approximate surface area is 212 Å². The quantitative estimate of drug-likeness (QED) is 0.134. The summed E-state index contributed by atoms with van der Waals surface area (Å²) in [5.74, 6) is 2.42. The fourth-order valence-electron chi connectivity index (χ4n) is 10.5. The van der Waals surface area contributed by atoms with E-state index in [1.165, 1.54) is 17.6 Å². The van der Waals surface area contributed by atoms with Gasteiger partial charge in [0.05, 0.1) is 5.41 Å². The Morgan fingerprint density at radius 3 is 2.20 bits per heavy atom.